The molecule has 0 atom stereocenters. The molecule has 26 heavy (non-hydrogen) atoms. The van der Waals surface area contributed by atoms with Crippen LogP contribution in [0.3, 0.4) is 0 Å². The van der Waals surface area contributed by atoms with Crippen molar-refractivity contribution in [1.82, 2.24) is 15.0 Å². The molecule has 0 spiro atoms. The summed E-state index contributed by atoms with van der Waals surface area (Å²) in [5.41, 5.74) is 3.04. The van der Waals surface area contributed by atoms with Gasteiger partial charge in [0.2, 0.25) is 0 Å². The van der Waals surface area contributed by atoms with Gasteiger partial charge in [-0.1, -0.05) is 67.1 Å². The summed E-state index contributed by atoms with van der Waals surface area (Å²) in [6.07, 6.45) is 2.73. The Balaban J connectivity index is 1.84. The first-order valence-corrected chi connectivity index (χ1v) is 8.96. The number of unbranched alkanes of at least 4 members (excludes halogenated alkanes) is 2. The van der Waals surface area contributed by atoms with Gasteiger partial charge >= 0.3 is 0 Å². The average Bonchev–Trinajstić information content (AvgIpc) is 3.10. The Morgan fingerprint density at radius 1 is 0.885 bits per heavy atom. The van der Waals surface area contributed by atoms with Crippen molar-refractivity contribution in [2.45, 2.75) is 32.2 Å². The Morgan fingerprint density at radius 3 is 2.27 bits per heavy atom. The van der Waals surface area contributed by atoms with E-state index in [4.69, 9.17) is 5.11 Å². The van der Waals surface area contributed by atoms with Crippen LogP contribution in [0.25, 0.3) is 11.3 Å². The molecule has 0 radical (unpaired) electrons. The molecule has 0 unspecified atom stereocenters. The molecule has 0 aliphatic carbocycles. The van der Waals surface area contributed by atoms with E-state index < -0.39 is 0 Å². The predicted molar refractivity (Wildman–Crippen MR) is 101 cm³/mol. The summed E-state index contributed by atoms with van der Waals surface area (Å²) in [5.74, 6) is 0.00102. The number of hydrogen-bond acceptors (Lipinski definition) is 4. The minimum absolute atomic E-state index is 0.00102. The third-order valence-electron chi connectivity index (χ3n) is 4.20. The Morgan fingerprint density at radius 2 is 1.58 bits per heavy atom. The zero-order valence-corrected chi connectivity index (χ0v) is 14.7. The van der Waals surface area contributed by atoms with Crippen molar-refractivity contribution in [2.75, 3.05) is 6.61 Å². The monoisotopic (exact) mass is 349 g/mol. The van der Waals surface area contributed by atoms with E-state index in [1.54, 1.807) is 4.80 Å². The van der Waals surface area contributed by atoms with Crippen LogP contribution < -0.4 is 0 Å². The Labute approximate surface area is 153 Å². The molecule has 1 aromatic heterocycles. The highest BCUT2D eigenvalue weighted by atomic mass is 16.2. The molecule has 0 aliphatic heterocycles. The maximum atomic E-state index is 12.7. The number of nitrogens with zero attached hydrogens (tertiary/aromatic N) is 3. The number of rotatable bonds is 9. The summed E-state index contributed by atoms with van der Waals surface area (Å²) in [5, 5.41) is 17.9. The van der Waals surface area contributed by atoms with Gasteiger partial charge in [-0.25, -0.2) is 0 Å². The molecule has 0 saturated carbocycles. The normalized spacial score (nSPS) is 10.8. The lowest BCUT2D eigenvalue weighted by Gasteiger charge is -2.00. The number of benzene rings is 2. The molecule has 134 valence electrons. The van der Waals surface area contributed by atoms with Gasteiger partial charge in [0, 0.05) is 18.6 Å². The number of Topliss-reactive ketones (excluding diaryl/α,β-unsaturated/α-hetero) is 1. The number of hydrogen-bond donors (Lipinski definition) is 1. The molecular weight excluding hydrogens is 326 g/mol. The predicted octanol–water partition coefficient (Wildman–Crippen LogP) is 3.73. The van der Waals surface area contributed by atoms with Crippen LogP contribution in [-0.2, 0) is 6.54 Å². The lowest BCUT2D eigenvalue weighted by molar-refractivity contribution is 0.0973. The molecule has 0 fully saturated rings. The van der Waals surface area contributed by atoms with Gasteiger partial charge in [0.1, 0.15) is 5.69 Å². The summed E-state index contributed by atoms with van der Waals surface area (Å²) < 4.78 is 0. The van der Waals surface area contributed by atoms with Crippen LogP contribution in [0, 0.1) is 0 Å². The molecule has 0 saturated heterocycles. The summed E-state index contributed by atoms with van der Waals surface area (Å²) in [7, 11) is 0. The summed E-state index contributed by atoms with van der Waals surface area (Å²) in [6, 6.07) is 19.6. The Hall–Kier alpha value is -2.79. The second-order valence-electron chi connectivity index (χ2n) is 6.24. The van der Waals surface area contributed by atoms with Gasteiger partial charge in [0.05, 0.1) is 6.54 Å². The molecule has 0 bridgehead atoms. The van der Waals surface area contributed by atoms with Crippen LogP contribution in [0.4, 0.5) is 0 Å². The standard InChI is InChI=1S/C21H23N3O2/c25-15-9-3-8-14-19(26)21-20(18-12-6-2-7-13-18)22-24(23-21)16-17-10-4-1-5-11-17/h1-2,4-7,10-13,25H,3,8-9,14-16H2. The second-order valence-corrected chi connectivity index (χ2v) is 6.24. The van der Waals surface area contributed by atoms with Gasteiger partial charge in [-0.15, -0.1) is 5.10 Å². The van der Waals surface area contributed by atoms with Crippen molar-refractivity contribution >= 4 is 5.78 Å². The van der Waals surface area contributed by atoms with Crippen LogP contribution in [0.1, 0.15) is 41.7 Å². The fourth-order valence-corrected chi connectivity index (χ4v) is 2.84. The quantitative estimate of drug-likeness (QED) is 0.472. The van der Waals surface area contributed by atoms with E-state index in [0.717, 1.165) is 30.4 Å². The van der Waals surface area contributed by atoms with Crippen molar-refractivity contribution in [3.8, 4) is 11.3 Å². The number of carbonyl (C=O) groups excluding carboxylic acids is 1. The lowest BCUT2D eigenvalue weighted by Crippen LogP contribution is -2.06. The minimum Gasteiger partial charge on any atom is -0.396 e. The molecule has 1 heterocycles. The topological polar surface area (TPSA) is 68.0 Å². The van der Waals surface area contributed by atoms with Gasteiger partial charge in [0.15, 0.2) is 11.5 Å². The van der Waals surface area contributed by atoms with Gasteiger partial charge in [-0.3, -0.25) is 4.79 Å². The van der Waals surface area contributed by atoms with E-state index >= 15 is 0 Å². The first-order chi connectivity index (χ1) is 12.8. The van der Waals surface area contributed by atoms with E-state index in [9.17, 15) is 4.79 Å². The van der Waals surface area contributed by atoms with Crippen LogP contribution >= 0.6 is 0 Å². The molecule has 1 N–H and O–H groups in total. The SMILES string of the molecule is O=C(CCCCCO)c1nn(Cc2ccccc2)nc1-c1ccccc1. The van der Waals surface area contributed by atoms with Crippen LogP contribution in [0.2, 0.25) is 0 Å². The van der Waals surface area contributed by atoms with Crippen molar-refractivity contribution in [1.29, 1.82) is 0 Å². The largest absolute Gasteiger partial charge is 0.396 e. The number of aliphatic hydroxyl groups is 1. The maximum absolute atomic E-state index is 12.7. The minimum atomic E-state index is 0.00102. The van der Waals surface area contributed by atoms with E-state index in [1.807, 2.05) is 60.7 Å². The highest BCUT2D eigenvalue weighted by Crippen LogP contribution is 2.22. The molecule has 0 amide bonds. The fraction of sp³-hybridized carbons (Fsp3) is 0.286. The van der Waals surface area contributed by atoms with Gasteiger partial charge < -0.3 is 5.11 Å². The lowest BCUT2D eigenvalue weighted by atomic mass is 10.0. The van der Waals surface area contributed by atoms with Crippen LogP contribution in [0.15, 0.2) is 60.7 Å². The van der Waals surface area contributed by atoms with E-state index in [0.29, 0.717) is 24.4 Å². The molecule has 5 heteroatoms. The van der Waals surface area contributed by atoms with Gasteiger partial charge in [-0.2, -0.15) is 9.90 Å². The number of aliphatic hydroxyl groups excluding tert-OH is 1. The van der Waals surface area contributed by atoms with E-state index in [2.05, 4.69) is 10.2 Å². The van der Waals surface area contributed by atoms with Gasteiger partial charge in [0.25, 0.3) is 0 Å². The molecule has 0 aliphatic rings. The summed E-state index contributed by atoms with van der Waals surface area (Å²) in [6.45, 7) is 0.690. The highest BCUT2D eigenvalue weighted by molar-refractivity contribution is 5.99. The maximum Gasteiger partial charge on any atom is 0.185 e. The zero-order chi connectivity index (χ0) is 18.2. The molecule has 2 aromatic carbocycles. The number of carbonyl (C=O) groups is 1. The number of ketones is 1. The second kappa shape index (κ2) is 9.06. The number of aromatic nitrogens is 3. The average molecular weight is 349 g/mol. The Kier molecular flexibility index (Phi) is 6.28. The molecular formula is C21H23N3O2. The summed E-state index contributed by atoms with van der Waals surface area (Å²) in [4.78, 5) is 14.3. The Bertz CT molecular complexity index is 829. The first kappa shape index (κ1) is 18.0. The van der Waals surface area contributed by atoms with Crippen molar-refractivity contribution < 1.29 is 9.90 Å². The highest BCUT2D eigenvalue weighted by Gasteiger charge is 2.19. The van der Waals surface area contributed by atoms with Crippen molar-refractivity contribution in [3.63, 3.8) is 0 Å². The third-order valence-corrected chi connectivity index (χ3v) is 4.20. The van der Waals surface area contributed by atoms with Crippen molar-refractivity contribution in [3.05, 3.63) is 71.9 Å². The first-order valence-electron chi connectivity index (χ1n) is 8.96. The smallest absolute Gasteiger partial charge is 0.185 e. The molecule has 3 rings (SSSR count). The van der Waals surface area contributed by atoms with Crippen LogP contribution in [0.5, 0.6) is 0 Å². The molecule has 3 aromatic rings. The molecule has 5 nitrogen and oxygen atoms in total. The third kappa shape index (κ3) is 4.64. The van der Waals surface area contributed by atoms with Gasteiger partial charge in [-0.05, 0) is 18.4 Å². The fourth-order valence-electron chi connectivity index (χ4n) is 2.84. The van der Waals surface area contributed by atoms with E-state index in [-0.39, 0.29) is 12.4 Å². The zero-order valence-electron chi connectivity index (χ0n) is 14.7. The van der Waals surface area contributed by atoms with Crippen molar-refractivity contribution in [2.24, 2.45) is 0 Å². The summed E-state index contributed by atoms with van der Waals surface area (Å²) >= 11 is 0. The van der Waals surface area contributed by atoms with Crippen LogP contribution in [-0.4, -0.2) is 32.5 Å². The van der Waals surface area contributed by atoms with E-state index in [1.165, 1.54) is 0 Å².